The Morgan fingerprint density at radius 3 is 2.52 bits per heavy atom. The average molecular weight is 338 g/mol. The van der Waals surface area contributed by atoms with Gasteiger partial charge in [0.25, 0.3) is 0 Å². The Balaban J connectivity index is 1.95. The average Bonchev–Trinajstić information content (AvgIpc) is 2.56. The molecule has 0 saturated heterocycles. The van der Waals surface area contributed by atoms with Crippen molar-refractivity contribution in [2.75, 3.05) is 11.1 Å². The van der Waals surface area contributed by atoms with E-state index < -0.39 is 11.6 Å². The van der Waals surface area contributed by atoms with E-state index in [2.05, 4.69) is 20.5 Å². The maximum Gasteiger partial charge on any atom is 0.234 e. The first kappa shape index (κ1) is 17.3. The summed E-state index contributed by atoms with van der Waals surface area (Å²) in [6, 6.07) is 3.19. The summed E-state index contributed by atoms with van der Waals surface area (Å²) in [6.07, 6.45) is 1.50. The quantitative estimate of drug-likeness (QED) is 0.820. The molecule has 0 aliphatic carbocycles. The zero-order valence-corrected chi connectivity index (χ0v) is 13.6. The van der Waals surface area contributed by atoms with Gasteiger partial charge in [-0.1, -0.05) is 25.6 Å². The van der Waals surface area contributed by atoms with E-state index in [9.17, 15) is 13.6 Å². The lowest BCUT2D eigenvalue weighted by Crippen LogP contribution is -2.15. The van der Waals surface area contributed by atoms with E-state index in [1.54, 1.807) is 0 Å². The number of aromatic nitrogens is 3. The minimum Gasteiger partial charge on any atom is -0.325 e. The number of carbonyl (C=O) groups excluding carboxylic acids is 1. The smallest absolute Gasteiger partial charge is 0.234 e. The Bertz CT molecular complexity index is 712. The molecular weight excluding hydrogens is 322 g/mol. The second-order valence-electron chi connectivity index (χ2n) is 4.66. The first-order valence-corrected chi connectivity index (χ1v) is 8.12. The summed E-state index contributed by atoms with van der Waals surface area (Å²) in [4.78, 5) is 16.2. The molecule has 0 spiro atoms. The second-order valence-corrected chi connectivity index (χ2v) is 5.60. The first-order valence-electron chi connectivity index (χ1n) is 7.13. The van der Waals surface area contributed by atoms with Crippen LogP contribution in [0.4, 0.5) is 14.5 Å². The summed E-state index contributed by atoms with van der Waals surface area (Å²) in [5.41, 5.74) is 1.92. The number of nitrogens with one attached hydrogen (secondary N) is 1. The Morgan fingerprint density at radius 1 is 1.13 bits per heavy atom. The van der Waals surface area contributed by atoms with Gasteiger partial charge in [0.2, 0.25) is 11.1 Å². The summed E-state index contributed by atoms with van der Waals surface area (Å²) in [5, 5.41) is 11.0. The number of rotatable bonds is 6. The van der Waals surface area contributed by atoms with Gasteiger partial charge in [0.1, 0.15) is 0 Å². The number of aryl methyl sites for hydroxylation is 2. The fourth-order valence-electron chi connectivity index (χ4n) is 1.88. The second kappa shape index (κ2) is 7.96. The van der Waals surface area contributed by atoms with E-state index in [-0.39, 0.29) is 17.3 Å². The highest BCUT2D eigenvalue weighted by Crippen LogP contribution is 2.16. The molecule has 1 aromatic heterocycles. The molecule has 0 radical (unpaired) electrons. The molecule has 0 aliphatic rings. The van der Waals surface area contributed by atoms with Crippen molar-refractivity contribution in [2.45, 2.75) is 31.8 Å². The number of hydrogen-bond acceptors (Lipinski definition) is 5. The molecule has 122 valence electrons. The SMILES string of the molecule is CCc1nnc(SCC(=O)Nc2ccc(F)c(F)c2)nc1CC. The zero-order valence-electron chi connectivity index (χ0n) is 12.8. The van der Waals surface area contributed by atoms with Gasteiger partial charge in [-0.3, -0.25) is 4.79 Å². The van der Waals surface area contributed by atoms with Crippen LogP contribution < -0.4 is 5.32 Å². The number of thioether (sulfide) groups is 1. The Labute approximate surface area is 136 Å². The van der Waals surface area contributed by atoms with Gasteiger partial charge < -0.3 is 5.32 Å². The molecule has 2 aromatic rings. The van der Waals surface area contributed by atoms with Crippen molar-refractivity contribution in [2.24, 2.45) is 0 Å². The number of nitrogens with zero attached hydrogens (tertiary/aromatic N) is 3. The van der Waals surface area contributed by atoms with Gasteiger partial charge in [-0.25, -0.2) is 13.8 Å². The van der Waals surface area contributed by atoms with Crippen LogP contribution in [0.1, 0.15) is 25.2 Å². The third-order valence-electron chi connectivity index (χ3n) is 3.03. The third kappa shape index (κ3) is 4.69. The monoisotopic (exact) mass is 338 g/mol. The van der Waals surface area contributed by atoms with Gasteiger partial charge in [-0.05, 0) is 25.0 Å². The van der Waals surface area contributed by atoms with Crippen LogP contribution in [0.2, 0.25) is 0 Å². The Hall–Kier alpha value is -2.09. The summed E-state index contributed by atoms with van der Waals surface area (Å²) in [6.45, 7) is 3.96. The summed E-state index contributed by atoms with van der Waals surface area (Å²) >= 11 is 1.14. The van der Waals surface area contributed by atoms with Gasteiger partial charge in [0, 0.05) is 11.8 Å². The van der Waals surface area contributed by atoms with Crippen LogP contribution >= 0.6 is 11.8 Å². The van der Waals surface area contributed by atoms with Gasteiger partial charge >= 0.3 is 0 Å². The zero-order chi connectivity index (χ0) is 16.8. The molecule has 23 heavy (non-hydrogen) atoms. The molecular formula is C15H16F2N4OS. The molecule has 0 unspecified atom stereocenters. The van der Waals surface area contributed by atoms with Crippen LogP contribution in [-0.4, -0.2) is 26.8 Å². The van der Waals surface area contributed by atoms with Crippen LogP contribution in [0.3, 0.4) is 0 Å². The highest BCUT2D eigenvalue weighted by molar-refractivity contribution is 7.99. The molecule has 1 heterocycles. The van der Waals surface area contributed by atoms with E-state index in [1.807, 2.05) is 13.8 Å². The molecule has 5 nitrogen and oxygen atoms in total. The predicted molar refractivity (Wildman–Crippen MR) is 84.3 cm³/mol. The van der Waals surface area contributed by atoms with Gasteiger partial charge in [0.05, 0.1) is 17.1 Å². The number of carbonyl (C=O) groups is 1. The minimum atomic E-state index is -1.01. The number of hydrogen-bond donors (Lipinski definition) is 1. The minimum absolute atomic E-state index is 0.0509. The van der Waals surface area contributed by atoms with Gasteiger partial charge in [0.15, 0.2) is 11.6 Å². The van der Waals surface area contributed by atoms with Crippen molar-refractivity contribution in [1.82, 2.24) is 15.2 Å². The maximum absolute atomic E-state index is 13.1. The van der Waals surface area contributed by atoms with Crippen LogP contribution in [0.15, 0.2) is 23.4 Å². The number of amides is 1. The fourth-order valence-corrected chi connectivity index (χ4v) is 2.49. The standard InChI is InChI=1S/C15H16F2N4OS/c1-3-12-13(4-2)20-21-15(19-12)23-8-14(22)18-9-5-6-10(16)11(17)7-9/h5-7H,3-4,8H2,1-2H3,(H,18,22). The lowest BCUT2D eigenvalue weighted by molar-refractivity contribution is -0.113. The van der Waals surface area contributed by atoms with Crippen LogP contribution in [0.25, 0.3) is 0 Å². The van der Waals surface area contributed by atoms with E-state index >= 15 is 0 Å². The topological polar surface area (TPSA) is 67.8 Å². The lowest BCUT2D eigenvalue weighted by Gasteiger charge is -2.06. The number of halogens is 2. The van der Waals surface area contributed by atoms with E-state index in [0.29, 0.717) is 5.16 Å². The summed E-state index contributed by atoms with van der Waals surface area (Å²) < 4.78 is 25.9. The van der Waals surface area contributed by atoms with E-state index in [4.69, 9.17) is 0 Å². The number of anilines is 1. The molecule has 1 aromatic carbocycles. The Kier molecular flexibility index (Phi) is 5.97. The van der Waals surface area contributed by atoms with Crippen LogP contribution in [-0.2, 0) is 17.6 Å². The van der Waals surface area contributed by atoms with Crippen molar-refractivity contribution in [3.63, 3.8) is 0 Å². The molecule has 0 aliphatic heterocycles. The van der Waals surface area contributed by atoms with Gasteiger partial charge in [-0.15, -0.1) is 5.10 Å². The number of benzene rings is 1. The molecule has 0 saturated carbocycles. The van der Waals surface area contributed by atoms with Crippen molar-refractivity contribution < 1.29 is 13.6 Å². The van der Waals surface area contributed by atoms with E-state index in [0.717, 1.165) is 48.1 Å². The third-order valence-corrected chi connectivity index (χ3v) is 3.86. The maximum atomic E-state index is 13.1. The highest BCUT2D eigenvalue weighted by Gasteiger charge is 2.10. The first-order chi connectivity index (χ1) is 11.0. The largest absolute Gasteiger partial charge is 0.325 e. The summed E-state index contributed by atoms with van der Waals surface area (Å²) in [7, 11) is 0. The van der Waals surface area contributed by atoms with Crippen LogP contribution in [0, 0.1) is 11.6 Å². The van der Waals surface area contributed by atoms with Crippen molar-refractivity contribution in [3.05, 3.63) is 41.2 Å². The summed E-state index contributed by atoms with van der Waals surface area (Å²) in [5.74, 6) is -2.28. The fraction of sp³-hybridized carbons (Fsp3) is 0.333. The molecule has 1 amide bonds. The molecule has 0 fully saturated rings. The molecule has 2 rings (SSSR count). The molecule has 0 bridgehead atoms. The molecule has 0 atom stereocenters. The molecule has 1 N–H and O–H groups in total. The lowest BCUT2D eigenvalue weighted by atomic mass is 10.2. The van der Waals surface area contributed by atoms with Crippen molar-refractivity contribution in [3.8, 4) is 0 Å². The predicted octanol–water partition coefficient (Wildman–Crippen LogP) is 3.01. The van der Waals surface area contributed by atoms with Gasteiger partial charge in [-0.2, -0.15) is 5.10 Å². The van der Waals surface area contributed by atoms with Crippen LogP contribution in [0.5, 0.6) is 0 Å². The van der Waals surface area contributed by atoms with Crippen molar-refractivity contribution >= 4 is 23.4 Å². The highest BCUT2D eigenvalue weighted by atomic mass is 32.2. The van der Waals surface area contributed by atoms with E-state index in [1.165, 1.54) is 6.07 Å². The Morgan fingerprint density at radius 2 is 1.87 bits per heavy atom. The molecule has 8 heteroatoms. The van der Waals surface area contributed by atoms with Crippen molar-refractivity contribution in [1.29, 1.82) is 0 Å². The normalized spacial score (nSPS) is 10.6.